The van der Waals surface area contributed by atoms with Crippen LogP contribution in [0.5, 0.6) is 0 Å². The van der Waals surface area contributed by atoms with Crippen LogP contribution in [0.1, 0.15) is 19.8 Å². The summed E-state index contributed by atoms with van der Waals surface area (Å²) >= 11 is 0. The quantitative estimate of drug-likeness (QED) is 0.288. The average Bonchev–Trinajstić information content (AvgIpc) is 2.26. The number of hydrogen-bond donors (Lipinski definition) is 2. The van der Waals surface area contributed by atoms with Crippen molar-refractivity contribution in [3.8, 4) is 0 Å². The fourth-order valence-electron chi connectivity index (χ4n) is 1.06. The molecule has 0 bridgehead atoms. The van der Waals surface area contributed by atoms with E-state index in [2.05, 4.69) is 16.7 Å². The number of halogens is 4. The van der Waals surface area contributed by atoms with Crippen LogP contribution in [-0.2, 0) is 4.74 Å². The molecule has 0 rings (SSSR count). The molecule has 7 heteroatoms. The maximum absolute atomic E-state index is 12.5. The van der Waals surface area contributed by atoms with Crippen molar-refractivity contribution in [3.63, 3.8) is 0 Å². The van der Waals surface area contributed by atoms with Crippen LogP contribution in [0.2, 0.25) is 0 Å². The minimum absolute atomic E-state index is 0.169. The van der Waals surface area contributed by atoms with E-state index in [0.29, 0.717) is 6.42 Å². The highest BCUT2D eigenvalue weighted by molar-refractivity contribution is 4.96. The van der Waals surface area contributed by atoms with Gasteiger partial charge >= 0.3 is 12.3 Å². The molecule has 1 atom stereocenters. The number of rotatable bonds is 9. The molecule has 3 nitrogen and oxygen atoms in total. The second-order valence-corrected chi connectivity index (χ2v) is 3.75. The van der Waals surface area contributed by atoms with E-state index in [1.807, 2.05) is 6.92 Å². The van der Waals surface area contributed by atoms with Crippen molar-refractivity contribution < 1.29 is 22.3 Å². The lowest BCUT2D eigenvalue weighted by Crippen LogP contribution is -2.41. The highest BCUT2D eigenvalue weighted by Crippen LogP contribution is 2.23. The van der Waals surface area contributed by atoms with Crippen molar-refractivity contribution in [1.82, 2.24) is 5.43 Å². The zero-order valence-electron chi connectivity index (χ0n) is 9.69. The lowest BCUT2D eigenvalue weighted by molar-refractivity contribution is -0.167. The molecular weight excluding hydrogens is 240 g/mol. The van der Waals surface area contributed by atoms with Gasteiger partial charge < -0.3 is 4.74 Å². The smallest absolute Gasteiger partial charge is 0.330 e. The monoisotopic (exact) mass is 258 g/mol. The van der Waals surface area contributed by atoms with Crippen LogP contribution in [0, 0.1) is 0 Å². The summed E-state index contributed by atoms with van der Waals surface area (Å²) in [5.41, 5.74) is 3.24. The van der Waals surface area contributed by atoms with E-state index in [1.165, 1.54) is 0 Å². The molecule has 102 valence electrons. The molecule has 0 aromatic carbocycles. The second-order valence-electron chi connectivity index (χ2n) is 3.75. The summed E-state index contributed by atoms with van der Waals surface area (Å²) in [6.07, 6.45) is -2.55. The fourth-order valence-corrected chi connectivity index (χ4v) is 1.06. The molecule has 17 heavy (non-hydrogen) atoms. The summed E-state index contributed by atoms with van der Waals surface area (Å²) in [5, 5.41) is 0. The second kappa shape index (κ2) is 7.62. The first kappa shape index (κ1) is 16.3. The first-order valence-electron chi connectivity index (χ1n) is 5.20. The maximum atomic E-state index is 12.5. The molecule has 0 heterocycles. The summed E-state index contributed by atoms with van der Waals surface area (Å²) in [4.78, 5) is 0. The number of alkyl halides is 4. The van der Waals surface area contributed by atoms with Crippen molar-refractivity contribution in [2.45, 2.75) is 38.2 Å². The van der Waals surface area contributed by atoms with Gasteiger partial charge in [-0.2, -0.15) is 8.78 Å². The van der Waals surface area contributed by atoms with Gasteiger partial charge in [0, 0.05) is 6.04 Å². The number of hydrazine groups is 1. The molecule has 3 N–H and O–H groups in total. The minimum Gasteiger partial charge on any atom is -0.373 e. The van der Waals surface area contributed by atoms with Crippen molar-refractivity contribution >= 4 is 0 Å². The maximum Gasteiger partial charge on any atom is 0.330 e. The van der Waals surface area contributed by atoms with Crippen LogP contribution in [0.15, 0.2) is 12.2 Å². The molecule has 0 radical (unpaired) electrons. The number of nitrogens with one attached hydrogen (secondary N) is 1. The molecule has 0 aliphatic rings. The van der Waals surface area contributed by atoms with Gasteiger partial charge in [-0.1, -0.05) is 19.1 Å². The van der Waals surface area contributed by atoms with Gasteiger partial charge in [-0.05, 0) is 12.8 Å². The molecule has 0 saturated carbocycles. The summed E-state index contributed by atoms with van der Waals surface area (Å²) in [7, 11) is 0. The lowest BCUT2D eigenvalue weighted by Gasteiger charge is -2.19. The lowest BCUT2D eigenvalue weighted by atomic mass is 10.1. The highest BCUT2D eigenvalue weighted by Gasteiger charge is 2.41. The first-order valence-corrected chi connectivity index (χ1v) is 5.20. The predicted molar refractivity (Wildman–Crippen MR) is 56.9 cm³/mol. The van der Waals surface area contributed by atoms with E-state index in [0.717, 1.165) is 12.0 Å². The van der Waals surface area contributed by atoms with Crippen LogP contribution >= 0.6 is 0 Å². The van der Waals surface area contributed by atoms with E-state index >= 15 is 0 Å². The standard InChI is InChI=1S/C10H18F4N2O/c1-3-7(2)4-8(16-15)5-17-6-10(13,14)9(11)12/h8-9,16H,2-6,15H2,1H3. The zero-order chi connectivity index (χ0) is 13.5. The Bertz CT molecular complexity index is 236. The zero-order valence-corrected chi connectivity index (χ0v) is 9.69. The fraction of sp³-hybridized carbons (Fsp3) is 0.800. The van der Waals surface area contributed by atoms with Crippen LogP contribution < -0.4 is 11.3 Å². The normalized spacial score (nSPS) is 14.1. The number of hydrogen-bond acceptors (Lipinski definition) is 3. The summed E-state index contributed by atoms with van der Waals surface area (Å²) < 4.78 is 53.1. The van der Waals surface area contributed by atoms with E-state index in [9.17, 15) is 17.6 Å². The van der Waals surface area contributed by atoms with Gasteiger partial charge in [0.15, 0.2) is 0 Å². The van der Waals surface area contributed by atoms with Gasteiger partial charge in [-0.3, -0.25) is 11.3 Å². The van der Waals surface area contributed by atoms with Crippen molar-refractivity contribution in [2.75, 3.05) is 13.2 Å². The van der Waals surface area contributed by atoms with Crippen molar-refractivity contribution in [2.24, 2.45) is 5.84 Å². The Labute approximate surface area is 98.0 Å². The summed E-state index contributed by atoms with van der Waals surface area (Å²) in [5.74, 6) is 1.05. The largest absolute Gasteiger partial charge is 0.373 e. The molecule has 0 aromatic heterocycles. The third-order valence-electron chi connectivity index (χ3n) is 2.20. The SMILES string of the molecule is C=C(CC)CC(COCC(F)(F)C(F)F)NN. The van der Waals surface area contributed by atoms with E-state index in [4.69, 9.17) is 5.84 Å². The molecule has 1 unspecified atom stereocenters. The molecule has 0 saturated heterocycles. The Kier molecular flexibility index (Phi) is 7.33. The molecule has 0 aliphatic heterocycles. The molecule has 0 spiro atoms. The number of nitrogens with two attached hydrogens (primary N) is 1. The number of ether oxygens (including phenoxy) is 1. The van der Waals surface area contributed by atoms with Gasteiger partial charge in [0.05, 0.1) is 6.61 Å². The highest BCUT2D eigenvalue weighted by atomic mass is 19.3. The Balaban J connectivity index is 3.96. The summed E-state index contributed by atoms with van der Waals surface area (Å²) in [6.45, 7) is 4.13. The van der Waals surface area contributed by atoms with Gasteiger partial charge in [-0.15, -0.1) is 0 Å². The van der Waals surface area contributed by atoms with E-state index < -0.39 is 25.0 Å². The molecular formula is C10H18F4N2O. The Hall–Kier alpha value is -0.660. The molecule has 0 aliphatic carbocycles. The van der Waals surface area contributed by atoms with Crippen LogP contribution in [0.4, 0.5) is 17.6 Å². The Morgan fingerprint density at radius 1 is 1.47 bits per heavy atom. The molecule has 0 amide bonds. The average molecular weight is 258 g/mol. The third kappa shape index (κ3) is 6.60. The van der Waals surface area contributed by atoms with Crippen molar-refractivity contribution in [1.29, 1.82) is 0 Å². The van der Waals surface area contributed by atoms with Gasteiger partial charge in [0.1, 0.15) is 6.61 Å². The summed E-state index contributed by atoms with van der Waals surface area (Å²) in [6, 6.07) is -0.407. The predicted octanol–water partition coefficient (Wildman–Crippen LogP) is 2.09. The first-order chi connectivity index (χ1) is 7.83. The van der Waals surface area contributed by atoms with Gasteiger partial charge in [0.25, 0.3) is 0 Å². The molecule has 0 fully saturated rings. The van der Waals surface area contributed by atoms with Gasteiger partial charge in [-0.25, -0.2) is 8.78 Å². The van der Waals surface area contributed by atoms with Crippen molar-refractivity contribution in [3.05, 3.63) is 12.2 Å². The Morgan fingerprint density at radius 3 is 2.47 bits per heavy atom. The van der Waals surface area contributed by atoms with E-state index in [1.54, 1.807) is 0 Å². The molecule has 0 aromatic rings. The van der Waals surface area contributed by atoms with Crippen LogP contribution in [-0.4, -0.2) is 31.6 Å². The Morgan fingerprint density at radius 2 is 2.06 bits per heavy atom. The van der Waals surface area contributed by atoms with Crippen LogP contribution in [0.3, 0.4) is 0 Å². The van der Waals surface area contributed by atoms with Crippen LogP contribution in [0.25, 0.3) is 0 Å². The third-order valence-corrected chi connectivity index (χ3v) is 2.20. The van der Waals surface area contributed by atoms with E-state index in [-0.39, 0.29) is 6.61 Å². The topological polar surface area (TPSA) is 47.3 Å². The van der Waals surface area contributed by atoms with Gasteiger partial charge in [0.2, 0.25) is 0 Å². The minimum atomic E-state index is -4.12.